The van der Waals surface area contributed by atoms with Crippen molar-refractivity contribution in [2.45, 2.75) is 25.6 Å². The topological polar surface area (TPSA) is 107 Å². The number of halogens is 1. The molecule has 0 bridgehead atoms. The summed E-state index contributed by atoms with van der Waals surface area (Å²) in [4.78, 5) is 25.7. The molecule has 0 saturated carbocycles. The summed E-state index contributed by atoms with van der Waals surface area (Å²) in [5.74, 6) is -0.360. The van der Waals surface area contributed by atoms with Crippen LogP contribution in [0.15, 0.2) is 64.5 Å². The van der Waals surface area contributed by atoms with E-state index in [4.69, 9.17) is 15.2 Å². The van der Waals surface area contributed by atoms with E-state index in [0.29, 0.717) is 34.6 Å². The number of likely N-dealkylation sites (tertiary alicyclic amines) is 1. The predicted molar refractivity (Wildman–Crippen MR) is 116 cm³/mol. The smallest absolute Gasteiger partial charge is 0.275 e. The number of hydrogen-bond donors (Lipinski definition) is 1. The molecule has 2 N–H and O–H groups in total. The Bertz CT molecular complexity index is 1220. The molecule has 1 aliphatic carbocycles. The molecule has 0 radical (unpaired) electrons. The van der Waals surface area contributed by atoms with Crippen LogP contribution in [-0.4, -0.2) is 29.4 Å². The van der Waals surface area contributed by atoms with Crippen LogP contribution in [0.4, 0.5) is 10.1 Å². The number of nitrogen functional groups attached to an aromatic ring is 1. The summed E-state index contributed by atoms with van der Waals surface area (Å²) in [5, 5.41) is 6.19. The van der Waals surface area contributed by atoms with Crippen LogP contribution in [0.5, 0.6) is 5.75 Å². The fourth-order valence-corrected chi connectivity index (χ4v) is 4.41. The van der Waals surface area contributed by atoms with E-state index >= 15 is 0 Å². The van der Waals surface area contributed by atoms with Crippen molar-refractivity contribution in [3.05, 3.63) is 81.5 Å². The van der Waals surface area contributed by atoms with E-state index in [-0.39, 0.29) is 31.7 Å². The molecule has 0 spiro atoms. The summed E-state index contributed by atoms with van der Waals surface area (Å²) in [6, 6.07) is 9.75. The van der Waals surface area contributed by atoms with Gasteiger partial charge in [-0.25, -0.2) is 4.39 Å². The van der Waals surface area contributed by atoms with E-state index < -0.39 is 11.7 Å². The summed E-state index contributed by atoms with van der Waals surface area (Å²) in [7, 11) is 0. The Kier molecular flexibility index (Phi) is 5.02. The van der Waals surface area contributed by atoms with Crippen LogP contribution < -0.4 is 10.5 Å². The van der Waals surface area contributed by atoms with Crippen LogP contribution in [0.1, 0.15) is 23.1 Å². The molecule has 1 fully saturated rings. The van der Waals surface area contributed by atoms with Crippen LogP contribution >= 0.6 is 0 Å². The lowest BCUT2D eigenvalue weighted by atomic mass is 9.90. The van der Waals surface area contributed by atoms with Crippen molar-refractivity contribution in [2.75, 3.05) is 12.5 Å². The highest BCUT2D eigenvalue weighted by atomic mass is 19.1. The minimum absolute atomic E-state index is 0.00553. The Hall–Kier alpha value is -3.85. The normalized spacial score (nSPS) is 20.9. The molecular formula is C23H19FN4O4. The van der Waals surface area contributed by atoms with Gasteiger partial charge in [0.05, 0.1) is 24.5 Å². The number of fused-ring (bicyclic) bond motifs is 2. The van der Waals surface area contributed by atoms with Gasteiger partial charge in [-0.05, 0) is 47.9 Å². The number of nitrogens with two attached hydrogens (primary N) is 1. The van der Waals surface area contributed by atoms with Crippen LogP contribution in [-0.2, 0) is 22.7 Å². The Balaban J connectivity index is 1.51. The fraction of sp³-hybridized carbons (Fsp3) is 0.217. The largest absolute Gasteiger partial charge is 0.467 e. The third kappa shape index (κ3) is 3.46. The molecule has 2 heterocycles. The zero-order chi connectivity index (χ0) is 22.2. The van der Waals surface area contributed by atoms with Crippen molar-refractivity contribution < 1.29 is 18.7 Å². The molecule has 3 aliphatic rings. The molecule has 1 atom stereocenters. The number of hydrogen-bond acceptors (Lipinski definition) is 6. The number of ether oxygens (including phenoxy) is 2. The second-order valence-electron chi connectivity index (χ2n) is 7.76. The van der Waals surface area contributed by atoms with E-state index in [1.165, 1.54) is 12.1 Å². The molecule has 0 aromatic heterocycles. The predicted octanol–water partition coefficient (Wildman–Crippen LogP) is 3.52. The summed E-state index contributed by atoms with van der Waals surface area (Å²) in [6.07, 6.45) is 4.34. The monoisotopic (exact) mass is 434 g/mol. The molecule has 162 valence electrons. The lowest BCUT2D eigenvalue weighted by Gasteiger charge is -2.28. The van der Waals surface area contributed by atoms with Gasteiger partial charge in [-0.3, -0.25) is 4.79 Å². The number of carbonyl (C=O) groups excluding carboxylic acids is 1. The van der Waals surface area contributed by atoms with Crippen LogP contribution in [0, 0.1) is 10.7 Å². The van der Waals surface area contributed by atoms with E-state index in [2.05, 4.69) is 10.4 Å². The number of carbonyl (C=O) groups is 1. The van der Waals surface area contributed by atoms with Gasteiger partial charge in [0.15, 0.2) is 12.5 Å². The fourth-order valence-electron chi connectivity index (χ4n) is 4.41. The minimum atomic E-state index is -0.439. The molecule has 1 unspecified atom stereocenters. The molecule has 2 aliphatic heterocycles. The van der Waals surface area contributed by atoms with Crippen molar-refractivity contribution in [1.29, 1.82) is 0 Å². The van der Waals surface area contributed by atoms with Gasteiger partial charge in [0.25, 0.3) is 5.91 Å². The highest BCUT2D eigenvalue weighted by Crippen LogP contribution is 2.37. The summed E-state index contributed by atoms with van der Waals surface area (Å²) in [6.45, 7) is 0.388. The number of allylic oxidation sites excluding steroid dienone is 2. The maximum atomic E-state index is 14.2. The maximum Gasteiger partial charge on any atom is 0.275 e. The number of anilines is 1. The van der Waals surface area contributed by atoms with Gasteiger partial charge in [-0.1, -0.05) is 18.2 Å². The molecule has 32 heavy (non-hydrogen) atoms. The third-order valence-corrected chi connectivity index (χ3v) is 5.80. The lowest BCUT2D eigenvalue weighted by molar-refractivity contribution is -0.124. The number of rotatable bonds is 4. The first-order valence-electron chi connectivity index (χ1n) is 10.1. The molecule has 8 nitrogen and oxygen atoms in total. The SMILES string of the molecule is Nc1cccc(C2=CCC3C(=C2)/C(=N/N=O)C(=O)N3Cc2cc(F)cc3c2OCOC3)c1. The first-order valence-corrected chi connectivity index (χ1v) is 10.1. The van der Waals surface area contributed by atoms with Gasteiger partial charge in [-0.15, -0.1) is 10.0 Å². The molecule has 5 rings (SSSR count). The van der Waals surface area contributed by atoms with Gasteiger partial charge in [0, 0.05) is 22.4 Å². The van der Waals surface area contributed by atoms with Crippen molar-refractivity contribution in [2.24, 2.45) is 10.4 Å². The average molecular weight is 434 g/mol. The highest BCUT2D eigenvalue weighted by Gasteiger charge is 2.43. The van der Waals surface area contributed by atoms with E-state index in [1.54, 1.807) is 11.0 Å². The van der Waals surface area contributed by atoms with Gasteiger partial charge in [0.2, 0.25) is 0 Å². The zero-order valence-corrected chi connectivity index (χ0v) is 17.0. The van der Waals surface area contributed by atoms with E-state index in [9.17, 15) is 14.1 Å². The first-order chi connectivity index (χ1) is 15.5. The van der Waals surface area contributed by atoms with Crippen LogP contribution in [0.3, 0.4) is 0 Å². The summed E-state index contributed by atoms with van der Waals surface area (Å²) in [5.41, 5.74) is 10.0. The van der Waals surface area contributed by atoms with Gasteiger partial charge in [-0.2, -0.15) is 0 Å². The lowest BCUT2D eigenvalue weighted by Crippen LogP contribution is -2.34. The van der Waals surface area contributed by atoms with Crippen LogP contribution in [0.2, 0.25) is 0 Å². The minimum Gasteiger partial charge on any atom is -0.467 e. The molecule has 9 heteroatoms. The van der Waals surface area contributed by atoms with Gasteiger partial charge < -0.3 is 20.1 Å². The Morgan fingerprint density at radius 1 is 1.25 bits per heavy atom. The molecule has 2 aromatic carbocycles. The van der Waals surface area contributed by atoms with E-state index in [0.717, 1.165) is 11.1 Å². The third-order valence-electron chi connectivity index (χ3n) is 5.80. The zero-order valence-electron chi connectivity index (χ0n) is 17.0. The van der Waals surface area contributed by atoms with Gasteiger partial charge in [0.1, 0.15) is 11.6 Å². The van der Waals surface area contributed by atoms with Crippen molar-refractivity contribution in [3.8, 4) is 5.75 Å². The first kappa shape index (κ1) is 20.1. The van der Waals surface area contributed by atoms with Crippen molar-refractivity contribution in [1.82, 2.24) is 4.90 Å². The van der Waals surface area contributed by atoms with Crippen molar-refractivity contribution >= 4 is 22.9 Å². The standard InChI is InChI=1S/C23H19FN4O4/c24-17-6-15(22-16(7-17)11-31-12-32-22)10-28-20-5-4-14(13-2-1-3-18(25)8-13)9-19(20)21(23(28)29)26-27-30/h1-4,6-9,20H,5,10-12,25H2/b26-21-. The Labute approximate surface area is 182 Å². The Morgan fingerprint density at radius 3 is 2.94 bits per heavy atom. The second-order valence-corrected chi connectivity index (χ2v) is 7.76. The number of benzene rings is 2. The number of nitroso groups, excluding NO2 is 1. The number of amides is 1. The van der Waals surface area contributed by atoms with Gasteiger partial charge >= 0.3 is 0 Å². The molecule has 1 saturated heterocycles. The number of nitrogens with zero attached hydrogens (tertiary/aromatic N) is 3. The summed E-state index contributed by atoms with van der Waals surface area (Å²) >= 11 is 0. The van der Waals surface area contributed by atoms with E-state index in [1.807, 2.05) is 30.4 Å². The summed E-state index contributed by atoms with van der Waals surface area (Å²) < 4.78 is 25.0. The highest BCUT2D eigenvalue weighted by molar-refractivity contribution is 6.48. The average Bonchev–Trinajstić information content (AvgIpc) is 3.04. The second kappa shape index (κ2) is 8.01. The van der Waals surface area contributed by atoms with Crippen LogP contribution in [0.25, 0.3) is 5.57 Å². The Morgan fingerprint density at radius 2 is 2.12 bits per heavy atom. The quantitative estimate of drug-likeness (QED) is 0.450. The molecular weight excluding hydrogens is 415 g/mol. The van der Waals surface area contributed by atoms with Crippen molar-refractivity contribution in [3.63, 3.8) is 0 Å². The molecule has 1 amide bonds. The maximum absolute atomic E-state index is 14.2. The molecule has 2 aromatic rings.